The van der Waals surface area contributed by atoms with Gasteiger partial charge in [0.2, 0.25) is 0 Å². The largest absolute Gasteiger partial charge is 0.324 e. The van der Waals surface area contributed by atoms with Crippen LogP contribution in [0.5, 0.6) is 0 Å². The summed E-state index contributed by atoms with van der Waals surface area (Å²) in [5.41, 5.74) is 6.77. The lowest BCUT2D eigenvalue weighted by Crippen LogP contribution is -2.28. The van der Waals surface area contributed by atoms with Crippen molar-refractivity contribution >= 4 is 0 Å². The van der Waals surface area contributed by atoms with E-state index in [1.165, 1.54) is 31.4 Å². The molecule has 0 amide bonds. The van der Waals surface area contributed by atoms with E-state index in [1.54, 1.807) is 6.92 Å². The molecule has 0 radical (unpaired) electrons. The van der Waals surface area contributed by atoms with Gasteiger partial charge in [-0.1, -0.05) is 45.1 Å². The Labute approximate surface area is 126 Å². The fourth-order valence-electron chi connectivity index (χ4n) is 3.55. The molecule has 1 aromatic rings. The van der Waals surface area contributed by atoms with Crippen LogP contribution in [-0.2, 0) is 0 Å². The van der Waals surface area contributed by atoms with E-state index in [9.17, 15) is 8.78 Å². The molecule has 1 aliphatic carbocycles. The van der Waals surface area contributed by atoms with Crippen molar-refractivity contribution in [1.29, 1.82) is 0 Å². The van der Waals surface area contributed by atoms with E-state index >= 15 is 0 Å². The van der Waals surface area contributed by atoms with Crippen molar-refractivity contribution in [2.45, 2.75) is 64.8 Å². The van der Waals surface area contributed by atoms with E-state index in [-0.39, 0.29) is 11.5 Å². The Balaban J connectivity index is 2.02. The average molecular weight is 295 g/mol. The zero-order valence-corrected chi connectivity index (χ0v) is 13.2. The highest BCUT2D eigenvalue weighted by Gasteiger charge is 2.29. The van der Waals surface area contributed by atoms with Crippen LogP contribution in [0.15, 0.2) is 12.1 Å². The molecular weight excluding hydrogens is 268 g/mol. The molecule has 21 heavy (non-hydrogen) atoms. The molecule has 1 aromatic carbocycles. The normalized spacial score (nSPS) is 24.0. The molecular formula is C18H27F2N. The Morgan fingerprint density at radius 3 is 2.48 bits per heavy atom. The first-order valence-electron chi connectivity index (χ1n) is 8.24. The summed E-state index contributed by atoms with van der Waals surface area (Å²) in [7, 11) is 0. The quantitative estimate of drug-likeness (QED) is 0.786. The summed E-state index contributed by atoms with van der Waals surface area (Å²) in [5, 5.41) is 0. The highest BCUT2D eigenvalue weighted by atomic mass is 19.1. The van der Waals surface area contributed by atoms with Crippen molar-refractivity contribution in [3.8, 4) is 0 Å². The van der Waals surface area contributed by atoms with E-state index < -0.39 is 17.7 Å². The van der Waals surface area contributed by atoms with Gasteiger partial charge >= 0.3 is 0 Å². The lowest BCUT2D eigenvalue weighted by atomic mass is 9.75. The summed E-state index contributed by atoms with van der Waals surface area (Å²) >= 11 is 0. The summed E-state index contributed by atoms with van der Waals surface area (Å²) in [6.07, 6.45) is 8.07. The molecule has 0 saturated heterocycles. The van der Waals surface area contributed by atoms with Crippen molar-refractivity contribution in [2.75, 3.05) is 0 Å². The molecule has 0 aliphatic heterocycles. The van der Waals surface area contributed by atoms with Gasteiger partial charge in [-0.3, -0.25) is 0 Å². The third-order valence-corrected chi connectivity index (χ3v) is 5.02. The van der Waals surface area contributed by atoms with Crippen LogP contribution in [0.3, 0.4) is 0 Å². The zero-order valence-electron chi connectivity index (χ0n) is 13.2. The van der Waals surface area contributed by atoms with Gasteiger partial charge in [0.25, 0.3) is 0 Å². The van der Waals surface area contributed by atoms with Crippen LogP contribution in [0.4, 0.5) is 8.78 Å². The molecule has 1 fully saturated rings. The van der Waals surface area contributed by atoms with Gasteiger partial charge < -0.3 is 5.73 Å². The fourth-order valence-corrected chi connectivity index (χ4v) is 3.55. The second-order valence-electron chi connectivity index (χ2n) is 6.54. The molecule has 0 heterocycles. The van der Waals surface area contributed by atoms with E-state index in [2.05, 4.69) is 6.92 Å². The second kappa shape index (κ2) is 7.35. The van der Waals surface area contributed by atoms with E-state index in [0.717, 1.165) is 31.6 Å². The SMILES string of the molecule is CCCCC1CCC(C(N)c2c(F)ccc(C)c2F)CC1. The van der Waals surface area contributed by atoms with Gasteiger partial charge in [0, 0.05) is 11.6 Å². The lowest BCUT2D eigenvalue weighted by molar-refractivity contribution is 0.228. The average Bonchev–Trinajstić information content (AvgIpc) is 2.49. The first kappa shape index (κ1) is 16.4. The van der Waals surface area contributed by atoms with Gasteiger partial charge in [-0.25, -0.2) is 8.78 Å². The van der Waals surface area contributed by atoms with Gasteiger partial charge in [-0.2, -0.15) is 0 Å². The summed E-state index contributed by atoms with van der Waals surface area (Å²) in [6.45, 7) is 3.87. The maximum atomic E-state index is 14.2. The smallest absolute Gasteiger partial charge is 0.133 e. The molecule has 118 valence electrons. The predicted octanol–water partition coefficient (Wildman–Crippen LogP) is 5.27. The minimum Gasteiger partial charge on any atom is -0.324 e. The topological polar surface area (TPSA) is 26.0 Å². The molecule has 3 heteroatoms. The molecule has 2 N–H and O–H groups in total. The maximum absolute atomic E-state index is 14.2. The Morgan fingerprint density at radius 2 is 1.86 bits per heavy atom. The number of halogens is 2. The number of aryl methyl sites for hydroxylation is 1. The number of hydrogen-bond donors (Lipinski definition) is 1. The lowest BCUT2D eigenvalue weighted by Gasteiger charge is -2.32. The summed E-state index contributed by atoms with van der Waals surface area (Å²) in [4.78, 5) is 0. The van der Waals surface area contributed by atoms with Crippen molar-refractivity contribution < 1.29 is 8.78 Å². The maximum Gasteiger partial charge on any atom is 0.133 e. The van der Waals surface area contributed by atoms with E-state index in [1.807, 2.05) is 0 Å². The fraction of sp³-hybridized carbons (Fsp3) is 0.667. The molecule has 0 aromatic heterocycles. The van der Waals surface area contributed by atoms with Crippen LogP contribution < -0.4 is 5.73 Å². The van der Waals surface area contributed by atoms with E-state index in [4.69, 9.17) is 5.73 Å². The van der Waals surface area contributed by atoms with Gasteiger partial charge in [-0.15, -0.1) is 0 Å². The third kappa shape index (κ3) is 3.82. The molecule has 2 rings (SSSR count). The van der Waals surface area contributed by atoms with Crippen molar-refractivity contribution in [3.63, 3.8) is 0 Å². The van der Waals surface area contributed by atoms with Crippen LogP contribution in [-0.4, -0.2) is 0 Å². The van der Waals surface area contributed by atoms with Crippen LogP contribution in [0.1, 0.15) is 69.0 Å². The van der Waals surface area contributed by atoms with Crippen molar-refractivity contribution in [1.82, 2.24) is 0 Å². The Kier molecular flexibility index (Phi) is 5.74. The van der Waals surface area contributed by atoms with Crippen LogP contribution >= 0.6 is 0 Å². The standard InChI is InChI=1S/C18H27F2N/c1-3-4-5-13-7-9-14(10-8-13)18(21)16-15(19)11-6-12(2)17(16)20/h6,11,13-14,18H,3-5,7-10,21H2,1-2H3. The highest BCUT2D eigenvalue weighted by Crippen LogP contribution is 2.39. The van der Waals surface area contributed by atoms with Crippen molar-refractivity contribution in [3.05, 3.63) is 34.9 Å². The Morgan fingerprint density at radius 1 is 1.19 bits per heavy atom. The van der Waals surface area contributed by atoms with Gasteiger partial charge in [0.15, 0.2) is 0 Å². The minimum atomic E-state index is -0.517. The monoisotopic (exact) mass is 295 g/mol. The van der Waals surface area contributed by atoms with Gasteiger partial charge in [0.05, 0.1) is 0 Å². The van der Waals surface area contributed by atoms with Crippen molar-refractivity contribution in [2.24, 2.45) is 17.6 Å². The molecule has 1 saturated carbocycles. The Hall–Kier alpha value is -0.960. The number of benzene rings is 1. The number of nitrogens with two attached hydrogens (primary N) is 1. The number of unbranched alkanes of at least 4 members (excludes halogenated alkanes) is 1. The number of rotatable bonds is 5. The Bertz CT molecular complexity index is 465. The second-order valence-corrected chi connectivity index (χ2v) is 6.54. The van der Waals surface area contributed by atoms with Gasteiger partial charge in [-0.05, 0) is 43.2 Å². The molecule has 1 nitrogen and oxygen atoms in total. The van der Waals surface area contributed by atoms with E-state index in [0.29, 0.717) is 5.56 Å². The molecule has 1 atom stereocenters. The summed E-state index contributed by atoms with van der Waals surface area (Å²) in [5.74, 6) is 0.0172. The predicted molar refractivity (Wildman–Crippen MR) is 83.0 cm³/mol. The third-order valence-electron chi connectivity index (χ3n) is 5.02. The van der Waals surface area contributed by atoms with Crippen LogP contribution in [0.2, 0.25) is 0 Å². The van der Waals surface area contributed by atoms with Crippen LogP contribution in [0.25, 0.3) is 0 Å². The molecule has 0 spiro atoms. The molecule has 1 aliphatic rings. The van der Waals surface area contributed by atoms with Gasteiger partial charge in [0.1, 0.15) is 11.6 Å². The summed E-state index contributed by atoms with van der Waals surface area (Å²) in [6, 6.07) is 2.29. The molecule has 1 unspecified atom stereocenters. The number of hydrogen-bond acceptors (Lipinski definition) is 1. The summed E-state index contributed by atoms with van der Waals surface area (Å²) < 4.78 is 28.2. The first-order valence-corrected chi connectivity index (χ1v) is 8.24. The minimum absolute atomic E-state index is 0.0898. The first-order chi connectivity index (χ1) is 10.0. The zero-order chi connectivity index (χ0) is 15.4. The van der Waals surface area contributed by atoms with Crippen LogP contribution in [0, 0.1) is 30.4 Å². The molecule has 0 bridgehead atoms. The highest BCUT2D eigenvalue weighted by molar-refractivity contribution is 5.29.